The second-order valence-electron chi connectivity index (χ2n) is 12.8. The topological polar surface area (TPSA) is 124 Å². The van der Waals surface area contributed by atoms with Gasteiger partial charge in [-0.2, -0.15) is 4.57 Å². The van der Waals surface area contributed by atoms with Gasteiger partial charge >= 0.3 is 18.0 Å². The van der Waals surface area contributed by atoms with Crippen LogP contribution in [0.1, 0.15) is 82.6 Å². The first-order valence-corrected chi connectivity index (χ1v) is 14.9. The highest BCUT2D eigenvalue weighted by molar-refractivity contribution is 5.96. The van der Waals surface area contributed by atoms with E-state index in [1.807, 2.05) is 51.1 Å². The Bertz CT molecular complexity index is 1290. The maximum atomic E-state index is 13.3. The predicted octanol–water partition coefficient (Wildman–Crippen LogP) is 4.13. The van der Waals surface area contributed by atoms with Crippen molar-refractivity contribution in [2.45, 2.75) is 96.7 Å². The molecule has 3 atom stereocenters. The lowest BCUT2D eigenvalue weighted by atomic mass is 9.85. The fourth-order valence-electron chi connectivity index (χ4n) is 4.90. The summed E-state index contributed by atoms with van der Waals surface area (Å²) in [4.78, 5) is 53.8. The minimum Gasteiger partial charge on any atom is -0.468 e. The van der Waals surface area contributed by atoms with E-state index in [9.17, 15) is 19.2 Å². The van der Waals surface area contributed by atoms with E-state index in [-0.39, 0.29) is 18.9 Å². The number of amides is 2. The zero-order valence-electron chi connectivity index (χ0n) is 26.8. The van der Waals surface area contributed by atoms with Crippen molar-refractivity contribution in [1.82, 2.24) is 10.2 Å². The third-order valence-corrected chi connectivity index (χ3v) is 6.92. The van der Waals surface area contributed by atoms with Crippen LogP contribution in [0, 0.1) is 0 Å². The van der Waals surface area contributed by atoms with Crippen molar-refractivity contribution < 1.29 is 42.7 Å². The molecule has 2 amide bonds. The van der Waals surface area contributed by atoms with Crippen LogP contribution in [0.4, 0.5) is 4.79 Å². The number of pyridine rings is 1. The van der Waals surface area contributed by atoms with Crippen molar-refractivity contribution in [1.29, 1.82) is 0 Å². The number of benzene rings is 1. The average molecular weight is 613 g/mol. The molecule has 1 aromatic carbocycles. The van der Waals surface area contributed by atoms with Crippen LogP contribution in [-0.2, 0) is 35.3 Å². The van der Waals surface area contributed by atoms with Crippen LogP contribution in [0.3, 0.4) is 0 Å². The van der Waals surface area contributed by atoms with Crippen molar-refractivity contribution in [2.24, 2.45) is 0 Å². The number of nitrogens with one attached hydrogen (secondary N) is 1. The normalized spacial score (nSPS) is 16.8. The highest BCUT2D eigenvalue weighted by Gasteiger charge is 2.39. The summed E-state index contributed by atoms with van der Waals surface area (Å²) >= 11 is 0. The average Bonchev–Trinajstić information content (AvgIpc) is 2.97. The Balaban J connectivity index is 1.70. The van der Waals surface area contributed by atoms with Gasteiger partial charge in [-0.25, -0.2) is 9.59 Å². The van der Waals surface area contributed by atoms with Gasteiger partial charge in [-0.05, 0) is 72.4 Å². The lowest BCUT2D eigenvalue weighted by Gasteiger charge is -2.38. The first-order valence-electron chi connectivity index (χ1n) is 14.9. The number of likely N-dealkylation sites (tertiary alicyclic amines) is 1. The molecule has 0 spiro atoms. The molecule has 1 aromatic heterocycles. The summed E-state index contributed by atoms with van der Waals surface area (Å²) in [5.74, 6) is -2.18. The van der Waals surface area contributed by atoms with Gasteiger partial charge in [0.2, 0.25) is 0 Å². The Morgan fingerprint density at radius 3 is 2.30 bits per heavy atom. The highest BCUT2D eigenvalue weighted by atomic mass is 16.6. The van der Waals surface area contributed by atoms with Crippen molar-refractivity contribution in [2.75, 3.05) is 20.3 Å². The Kier molecular flexibility index (Phi) is 11.9. The molecule has 2 heterocycles. The number of ether oxygens (including phenoxy) is 4. The molecule has 11 heteroatoms. The third-order valence-electron chi connectivity index (χ3n) is 6.92. The zero-order chi connectivity index (χ0) is 32.5. The largest absolute Gasteiger partial charge is 0.468 e. The quantitative estimate of drug-likeness (QED) is 0.241. The van der Waals surface area contributed by atoms with Gasteiger partial charge < -0.3 is 29.2 Å². The summed E-state index contributed by atoms with van der Waals surface area (Å²) in [5, 5.41) is 2.71. The molecule has 1 aliphatic rings. The molecule has 0 saturated carbocycles. The summed E-state index contributed by atoms with van der Waals surface area (Å²) in [6.07, 6.45) is 4.90. The van der Waals surface area contributed by atoms with E-state index in [0.29, 0.717) is 13.0 Å². The van der Waals surface area contributed by atoms with E-state index in [4.69, 9.17) is 18.9 Å². The number of rotatable bonds is 10. The highest BCUT2D eigenvalue weighted by Crippen LogP contribution is 2.32. The van der Waals surface area contributed by atoms with E-state index < -0.39 is 53.1 Å². The maximum absolute atomic E-state index is 13.3. The minimum atomic E-state index is -1.03. The molecule has 1 aliphatic heterocycles. The van der Waals surface area contributed by atoms with E-state index in [1.165, 1.54) is 13.3 Å². The van der Waals surface area contributed by atoms with Gasteiger partial charge in [0.15, 0.2) is 18.4 Å². The number of hydrogen-bond acceptors (Lipinski definition) is 8. The number of methoxy groups -OCH3 is 1. The second kappa shape index (κ2) is 15.1. The van der Waals surface area contributed by atoms with Crippen LogP contribution >= 0.6 is 0 Å². The number of nitrogens with zero attached hydrogens (tertiary/aromatic N) is 2. The van der Waals surface area contributed by atoms with Gasteiger partial charge in [0.05, 0.1) is 25.4 Å². The molecule has 1 N–H and O–H groups in total. The van der Waals surface area contributed by atoms with E-state index in [1.54, 1.807) is 48.6 Å². The summed E-state index contributed by atoms with van der Waals surface area (Å²) in [7, 11) is 1.34. The summed E-state index contributed by atoms with van der Waals surface area (Å²) < 4.78 is 23.6. The molecule has 44 heavy (non-hydrogen) atoms. The molecule has 3 unspecified atom stereocenters. The molecule has 0 bridgehead atoms. The predicted molar refractivity (Wildman–Crippen MR) is 161 cm³/mol. The smallest absolute Gasteiger partial charge is 0.414 e. The molecule has 2 aromatic rings. The molecular weight excluding hydrogens is 566 g/mol. The van der Waals surface area contributed by atoms with Crippen molar-refractivity contribution in [3.05, 3.63) is 66.0 Å². The van der Waals surface area contributed by atoms with Crippen molar-refractivity contribution >= 4 is 23.9 Å². The molecule has 3 rings (SSSR count). The summed E-state index contributed by atoms with van der Waals surface area (Å²) in [5.41, 5.74) is -0.254. The van der Waals surface area contributed by atoms with Crippen LogP contribution in [0.5, 0.6) is 0 Å². The van der Waals surface area contributed by atoms with Crippen LogP contribution in [0.2, 0.25) is 0 Å². The Morgan fingerprint density at radius 2 is 1.66 bits per heavy atom. The second-order valence-corrected chi connectivity index (χ2v) is 12.8. The Hall–Kier alpha value is -3.99. The van der Waals surface area contributed by atoms with Crippen LogP contribution < -0.4 is 9.88 Å². The minimum absolute atomic E-state index is 0.0683. The maximum Gasteiger partial charge on any atom is 0.414 e. The SMILES string of the molecule is COC(=O)C(c1ccccc1)C1CCCCN1C(=O)OC[n+]1cccc(C(=O)NC(COC(C)(C)C)C(=O)OC(C)(C)C)c1. The zero-order valence-corrected chi connectivity index (χ0v) is 26.8. The van der Waals surface area contributed by atoms with Crippen LogP contribution in [-0.4, -0.2) is 72.4 Å². The fourth-order valence-corrected chi connectivity index (χ4v) is 4.90. The number of carbonyl (C=O) groups is 4. The van der Waals surface area contributed by atoms with E-state index in [0.717, 1.165) is 18.4 Å². The summed E-state index contributed by atoms with van der Waals surface area (Å²) in [6.45, 7) is 11.0. The molecule has 0 radical (unpaired) electrons. The Morgan fingerprint density at radius 1 is 0.955 bits per heavy atom. The van der Waals surface area contributed by atoms with Crippen LogP contribution in [0.15, 0.2) is 54.9 Å². The van der Waals surface area contributed by atoms with Gasteiger partial charge in [0.1, 0.15) is 17.1 Å². The van der Waals surface area contributed by atoms with Gasteiger partial charge in [0, 0.05) is 12.6 Å². The first-order chi connectivity index (χ1) is 20.7. The number of hydrogen-bond donors (Lipinski definition) is 1. The lowest BCUT2D eigenvalue weighted by molar-refractivity contribution is -0.727. The van der Waals surface area contributed by atoms with Gasteiger partial charge in [0.25, 0.3) is 12.6 Å². The number of aromatic nitrogens is 1. The lowest BCUT2D eigenvalue weighted by Crippen LogP contribution is -2.50. The molecule has 240 valence electrons. The third kappa shape index (κ3) is 10.3. The monoisotopic (exact) mass is 612 g/mol. The standard InChI is InChI=1S/C33H45N3O8/c1-32(2,3)43-21-25(29(38)44-33(4,5)6)34-28(37)24-16-13-18-35(20-24)22-42-31(40)36-19-12-11-17-26(36)27(30(39)41-7)23-14-9-8-10-15-23/h8-10,13-16,18,20,25-27H,11-12,17,19,21-22H2,1-7H3/p+1. The van der Waals surface area contributed by atoms with Gasteiger partial charge in [-0.3, -0.25) is 9.59 Å². The van der Waals surface area contributed by atoms with Gasteiger partial charge in [-0.15, -0.1) is 0 Å². The van der Waals surface area contributed by atoms with Gasteiger partial charge in [-0.1, -0.05) is 30.3 Å². The molecule has 1 saturated heterocycles. The number of piperidine rings is 1. The van der Waals surface area contributed by atoms with E-state index >= 15 is 0 Å². The number of esters is 2. The molecule has 0 aliphatic carbocycles. The Labute approximate surface area is 259 Å². The molecular formula is C33H46N3O8+. The van der Waals surface area contributed by atoms with E-state index in [2.05, 4.69) is 5.32 Å². The van der Waals surface area contributed by atoms with Crippen LogP contribution in [0.25, 0.3) is 0 Å². The molecule has 11 nitrogen and oxygen atoms in total. The van der Waals surface area contributed by atoms with Crippen molar-refractivity contribution in [3.8, 4) is 0 Å². The number of carbonyl (C=O) groups excluding carboxylic acids is 4. The van der Waals surface area contributed by atoms with Crippen molar-refractivity contribution in [3.63, 3.8) is 0 Å². The fraction of sp³-hybridized carbons (Fsp3) is 0.545. The molecule has 1 fully saturated rings. The summed E-state index contributed by atoms with van der Waals surface area (Å²) in [6, 6.07) is 11.1. The first kappa shape index (κ1) is 34.5.